The first kappa shape index (κ1) is 13.1. The third kappa shape index (κ3) is 3.82. The third-order valence-corrected chi connectivity index (χ3v) is 4.53. The standard InChI is InChI=1S/C15H25NS/c1-15(2,3)11-16-14(12-7-4-5-8-12)13-9-6-10-17-13/h6,9-10,12,14,16H,4-5,7-8,11H2,1-3H3. The molecule has 1 saturated carbocycles. The lowest BCUT2D eigenvalue weighted by atomic mass is 9.92. The van der Waals surface area contributed by atoms with Crippen LogP contribution >= 0.6 is 11.3 Å². The first-order valence-electron chi connectivity index (χ1n) is 6.83. The Balaban J connectivity index is 2.02. The van der Waals surface area contributed by atoms with E-state index in [1.165, 1.54) is 30.6 Å². The zero-order valence-corrected chi connectivity index (χ0v) is 12.1. The van der Waals surface area contributed by atoms with E-state index in [1.54, 1.807) is 0 Å². The van der Waals surface area contributed by atoms with Crippen LogP contribution in [0.4, 0.5) is 0 Å². The normalized spacial score (nSPS) is 19.7. The molecule has 1 aromatic rings. The fourth-order valence-corrected chi connectivity index (χ4v) is 3.57. The molecule has 1 aliphatic rings. The molecule has 0 spiro atoms. The Morgan fingerprint density at radius 1 is 1.35 bits per heavy atom. The predicted octanol–water partition coefficient (Wildman–Crippen LogP) is 4.62. The Hall–Kier alpha value is -0.340. The van der Waals surface area contributed by atoms with Crippen LogP contribution in [-0.2, 0) is 0 Å². The van der Waals surface area contributed by atoms with E-state index in [0.717, 1.165) is 12.5 Å². The predicted molar refractivity (Wildman–Crippen MR) is 76.5 cm³/mol. The molecular weight excluding hydrogens is 226 g/mol. The topological polar surface area (TPSA) is 12.0 Å². The molecule has 2 heteroatoms. The lowest BCUT2D eigenvalue weighted by Gasteiger charge is -2.28. The van der Waals surface area contributed by atoms with Gasteiger partial charge in [-0.3, -0.25) is 0 Å². The molecule has 96 valence electrons. The zero-order valence-electron chi connectivity index (χ0n) is 11.3. The number of nitrogens with one attached hydrogen (secondary N) is 1. The van der Waals surface area contributed by atoms with Gasteiger partial charge in [-0.15, -0.1) is 11.3 Å². The molecule has 17 heavy (non-hydrogen) atoms. The Labute approximate surface area is 110 Å². The van der Waals surface area contributed by atoms with Crippen LogP contribution in [0, 0.1) is 11.3 Å². The molecule has 0 aliphatic heterocycles. The van der Waals surface area contributed by atoms with Gasteiger partial charge in [0.25, 0.3) is 0 Å². The highest BCUT2D eigenvalue weighted by Gasteiger charge is 2.27. The summed E-state index contributed by atoms with van der Waals surface area (Å²) < 4.78 is 0. The molecule has 1 aliphatic carbocycles. The fraction of sp³-hybridized carbons (Fsp3) is 0.733. The summed E-state index contributed by atoms with van der Waals surface area (Å²) in [5.74, 6) is 0.857. The van der Waals surface area contributed by atoms with Crippen molar-refractivity contribution in [3.8, 4) is 0 Å². The van der Waals surface area contributed by atoms with Gasteiger partial charge in [0.15, 0.2) is 0 Å². The zero-order chi connectivity index (χ0) is 12.3. The van der Waals surface area contributed by atoms with Crippen molar-refractivity contribution in [2.75, 3.05) is 6.54 Å². The van der Waals surface area contributed by atoms with Crippen molar-refractivity contribution in [1.82, 2.24) is 5.32 Å². The van der Waals surface area contributed by atoms with E-state index >= 15 is 0 Å². The largest absolute Gasteiger partial charge is 0.308 e. The Kier molecular flexibility index (Phi) is 4.26. The van der Waals surface area contributed by atoms with Crippen LogP contribution in [0.5, 0.6) is 0 Å². The summed E-state index contributed by atoms with van der Waals surface area (Å²) in [7, 11) is 0. The van der Waals surface area contributed by atoms with Gasteiger partial charge in [-0.25, -0.2) is 0 Å². The molecule has 1 nitrogen and oxygen atoms in total. The van der Waals surface area contributed by atoms with Gasteiger partial charge in [0, 0.05) is 17.5 Å². The smallest absolute Gasteiger partial charge is 0.0443 e. The van der Waals surface area contributed by atoms with Crippen molar-refractivity contribution in [2.24, 2.45) is 11.3 Å². The lowest BCUT2D eigenvalue weighted by molar-refractivity contribution is 0.303. The first-order chi connectivity index (χ1) is 8.06. The van der Waals surface area contributed by atoms with Gasteiger partial charge in [-0.1, -0.05) is 39.7 Å². The number of thiophene rings is 1. The maximum atomic E-state index is 3.81. The van der Waals surface area contributed by atoms with Gasteiger partial charge in [0.2, 0.25) is 0 Å². The average molecular weight is 251 g/mol. The van der Waals surface area contributed by atoms with Crippen LogP contribution in [0.3, 0.4) is 0 Å². The van der Waals surface area contributed by atoms with E-state index in [0.29, 0.717) is 11.5 Å². The SMILES string of the molecule is CC(C)(C)CNC(c1cccs1)C1CCCC1. The molecule has 1 aromatic heterocycles. The monoisotopic (exact) mass is 251 g/mol. The quantitative estimate of drug-likeness (QED) is 0.823. The minimum atomic E-state index is 0.369. The van der Waals surface area contributed by atoms with Crippen LogP contribution in [0.25, 0.3) is 0 Å². The minimum absolute atomic E-state index is 0.369. The van der Waals surface area contributed by atoms with Crippen molar-refractivity contribution >= 4 is 11.3 Å². The van der Waals surface area contributed by atoms with Gasteiger partial charge >= 0.3 is 0 Å². The number of rotatable bonds is 4. The van der Waals surface area contributed by atoms with Crippen molar-refractivity contribution in [2.45, 2.75) is 52.5 Å². The van der Waals surface area contributed by atoms with Gasteiger partial charge < -0.3 is 5.32 Å². The molecule has 1 heterocycles. The van der Waals surface area contributed by atoms with E-state index in [9.17, 15) is 0 Å². The van der Waals surface area contributed by atoms with Gasteiger partial charge in [-0.2, -0.15) is 0 Å². The highest BCUT2D eigenvalue weighted by atomic mass is 32.1. The molecule has 0 radical (unpaired) electrons. The van der Waals surface area contributed by atoms with E-state index < -0.39 is 0 Å². The van der Waals surface area contributed by atoms with Gasteiger partial charge in [-0.05, 0) is 35.6 Å². The third-order valence-electron chi connectivity index (χ3n) is 3.57. The summed E-state index contributed by atoms with van der Waals surface area (Å²) in [6.07, 6.45) is 5.65. The molecule has 0 saturated heterocycles. The number of hydrogen-bond acceptors (Lipinski definition) is 2. The van der Waals surface area contributed by atoms with Gasteiger partial charge in [0.05, 0.1) is 0 Å². The Morgan fingerprint density at radius 2 is 2.06 bits per heavy atom. The van der Waals surface area contributed by atoms with E-state index in [-0.39, 0.29) is 0 Å². The second-order valence-electron chi connectivity index (χ2n) is 6.48. The molecule has 1 unspecified atom stereocenters. The fourth-order valence-electron chi connectivity index (χ4n) is 2.67. The lowest BCUT2D eigenvalue weighted by Crippen LogP contribution is -2.33. The second kappa shape index (κ2) is 5.53. The molecule has 0 aromatic carbocycles. The molecular formula is C15H25NS. The van der Waals surface area contributed by atoms with E-state index in [1.807, 2.05) is 11.3 Å². The summed E-state index contributed by atoms with van der Waals surface area (Å²) in [4.78, 5) is 1.53. The summed E-state index contributed by atoms with van der Waals surface area (Å²) in [6, 6.07) is 5.07. The van der Waals surface area contributed by atoms with E-state index in [4.69, 9.17) is 0 Å². The summed E-state index contributed by atoms with van der Waals surface area (Å²) >= 11 is 1.91. The van der Waals surface area contributed by atoms with E-state index in [2.05, 4.69) is 43.6 Å². The average Bonchev–Trinajstić information content (AvgIpc) is 2.86. The van der Waals surface area contributed by atoms with Crippen LogP contribution in [0.2, 0.25) is 0 Å². The summed E-state index contributed by atoms with van der Waals surface area (Å²) in [6.45, 7) is 8.02. The van der Waals surface area contributed by atoms with Gasteiger partial charge in [0.1, 0.15) is 0 Å². The van der Waals surface area contributed by atoms with Crippen LogP contribution in [0.15, 0.2) is 17.5 Å². The first-order valence-corrected chi connectivity index (χ1v) is 7.71. The van der Waals surface area contributed by atoms with Crippen molar-refractivity contribution in [1.29, 1.82) is 0 Å². The molecule has 1 fully saturated rings. The maximum Gasteiger partial charge on any atom is 0.0443 e. The highest BCUT2D eigenvalue weighted by molar-refractivity contribution is 7.10. The van der Waals surface area contributed by atoms with Crippen molar-refractivity contribution in [3.05, 3.63) is 22.4 Å². The molecule has 1 atom stereocenters. The Morgan fingerprint density at radius 3 is 2.59 bits per heavy atom. The van der Waals surface area contributed by atoms with Crippen LogP contribution in [0.1, 0.15) is 57.4 Å². The maximum absolute atomic E-state index is 3.81. The second-order valence-corrected chi connectivity index (χ2v) is 7.46. The molecule has 0 amide bonds. The molecule has 1 N–H and O–H groups in total. The van der Waals surface area contributed by atoms with Crippen molar-refractivity contribution < 1.29 is 0 Å². The Bertz CT molecular complexity index is 317. The van der Waals surface area contributed by atoms with Crippen LogP contribution in [-0.4, -0.2) is 6.54 Å². The molecule has 2 rings (SSSR count). The van der Waals surface area contributed by atoms with Crippen molar-refractivity contribution in [3.63, 3.8) is 0 Å². The highest BCUT2D eigenvalue weighted by Crippen LogP contribution is 2.37. The summed E-state index contributed by atoms with van der Waals surface area (Å²) in [5.41, 5.74) is 0.369. The number of hydrogen-bond donors (Lipinski definition) is 1. The summed E-state index contributed by atoms with van der Waals surface area (Å²) in [5, 5.41) is 6.02. The van der Waals surface area contributed by atoms with Crippen LogP contribution < -0.4 is 5.32 Å². The minimum Gasteiger partial charge on any atom is -0.308 e. The molecule has 0 bridgehead atoms.